The van der Waals surface area contributed by atoms with E-state index in [1.54, 1.807) is 7.05 Å². The summed E-state index contributed by atoms with van der Waals surface area (Å²) in [7, 11) is 1.67. The van der Waals surface area contributed by atoms with E-state index in [4.69, 9.17) is 15.3 Å². The number of nitrogens with two attached hydrogens (primary N) is 1. The lowest BCUT2D eigenvalue weighted by molar-refractivity contribution is 0.174. The highest BCUT2D eigenvalue weighted by Gasteiger charge is 2.17. The Balaban J connectivity index is 2.19. The van der Waals surface area contributed by atoms with Gasteiger partial charge in [-0.2, -0.15) is 0 Å². The first-order chi connectivity index (χ1) is 8.11. The fraction of sp³-hybridized carbons (Fsp3) is 0.364. The van der Waals surface area contributed by atoms with Crippen LogP contribution in [0.1, 0.15) is 11.1 Å². The summed E-state index contributed by atoms with van der Waals surface area (Å²) in [5.41, 5.74) is 4.14. The van der Waals surface area contributed by atoms with Crippen molar-refractivity contribution < 1.29 is 14.3 Å². The van der Waals surface area contributed by atoms with Gasteiger partial charge < -0.3 is 14.4 Å². The van der Waals surface area contributed by atoms with Crippen molar-refractivity contribution in [2.45, 2.75) is 13.5 Å². The molecule has 0 fully saturated rings. The Bertz CT molecular complexity index is 448. The van der Waals surface area contributed by atoms with Crippen LogP contribution in [0.5, 0.6) is 11.5 Å². The number of urea groups is 1. The molecule has 92 valence electrons. The molecule has 0 aliphatic carbocycles. The Hall–Kier alpha value is -1.95. The summed E-state index contributed by atoms with van der Waals surface area (Å²) in [6, 6.07) is 3.46. The number of nitrogens with zero attached hydrogens (tertiary/aromatic N) is 1. The van der Waals surface area contributed by atoms with E-state index in [1.807, 2.05) is 19.1 Å². The Morgan fingerprint density at radius 2 is 2.12 bits per heavy atom. The maximum atomic E-state index is 11.3. The van der Waals surface area contributed by atoms with Gasteiger partial charge in [-0.1, -0.05) is 0 Å². The molecule has 2 rings (SSSR count). The minimum absolute atomic E-state index is 0.247. The smallest absolute Gasteiger partial charge is 0.331 e. The second kappa shape index (κ2) is 4.50. The maximum absolute atomic E-state index is 11.3. The lowest BCUT2D eigenvalue weighted by Gasteiger charge is -2.17. The van der Waals surface area contributed by atoms with E-state index in [1.165, 1.54) is 4.90 Å². The molecule has 3 N–H and O–H groups in total. The number of carbonyl (C=O) groups is 1. The molecule has 6 nitrogen and oxygen atoms in total. The number of hydrogen-bond acceptors (Lipinski definition) is 4. The molecule has 0 aromatic heterocycles. The van der Waals surface area contributed by atoms with Crippen molar-refractivity contribution in [3.05, 3.63) is 23.3 Å². The molecule has 1 aromatic rings. The molecule has 1 aromatic carbocycles. The first kappa shape index (κ1) is 11.5. The molecule has 2 amide bonds. The lowest BCUT2D eigenvalue weighted by atomic mass is 10.1. The average molecular weight is 237 g/mol. The largest absolute Gasteiger partial charge is 0.454 e. The number of amides is 2. The number of hydrazine groups is 1. The van der Waals surface area contributed by atoms with Crippen molar-refractivity contribution in [1.82, 2.24) is 10.3 Å². The maximum Gasteiger partial charge on any atom is 0.331 e. The van der Waals surface area contributed by atoms with E-state index >= 15 is 0 Å². The van der Waals surface area contributed by atoms with Crippen molar-refractivity contribution in [3.8, 4) is 11.5 Å². The number of fused-ring (bicyclic) bond motifs is 1. The molecule has 1 heterocycles. The molecule has 0 bridgehead atoms. The van der Waals surface area contributed by atoms with Gasteiger partial charge in [-0.25, -0.2) is 10.6 Å². The zero-order valence-electron chi connectivity index (χ0n) is 9.82. The van der Waals surface area contributed by atoms with Gasteiger partial charge in [-0.05, 0) is 30.2 Å². The van der Waals surface area contributed by atoms with E-state index in [0.29, 0.717) is 12.3 Å². The van der Waals surface area contributed by atoms with Crippen LogP contribution >= 0.6 is 0 Å². The molecule has 0 radical (unpaired) electrons. The Labute approximate surface area is 99.3 Å². The van der Waals surface area contributed by atoms with Crippen LogP contribution in [0, 0.1) is 6.92 Å². The highest BCUT2D eigenvalue weighted by molar-refractivity contribution is 5.73. The van der Waals surface area contributed by atoms with Crippen LogP contribution in [-0.2, 0) is 6.54 Å². The van der Waals surface area contributed by atoms with Gasteiger partial charge in [-0.3, -0.25) is 5.43 Å². The quantitative estimate of drug-likeness (QED) is 0.452. The third-order valence-electron chi connectivity index (χ3n) is 2.71. The number of hydrogen-bond donors (Lipinski definition) is 2. The highest BCUT2D eigenvalue weighted by atomic mass is 16.7. The summed E-state index contributed by atoms with van der Waals surface area (Å²) in [5.74, 6) is 6.53. The topological polar surface area (TPSA) is 76.8 Å². The fourth-order valence-electron chi connectivity index (χ4n) is 1.69. The Morgan fingerprint density at radius 3 is 2.76 bits per heavy atom. The molecule has 0 spiro atoms. The van der Waals surface area contributed by atoms with Gasteiger partial charge in [0.25, 0.3) is 0 Å². The van der Waals surface area contributed by atoms with Crippen LogP contribution in [0.3, 0.4) is 0 Å². The van der Waals surface area contributed by atoms with Gasteiger partial charge in [0.2, 0.25) is 6.79 Å². The normalized spacial score (nSPS) is 12.4. The standard InChI is InChI=1S/C11H15N3O3/c1-7-3-9-10(17-6-16-9)4-8(7)5-14(2)11(15)13-12/h3-4H,5-6,12H2,1-2H3,(H,13,15). The minimum Gasteiger partial charge on any atom is -0.454 e. The monoisotopic (exact) mass is 237 g/mol. The first-order valence-electron chi connectivity index (χ1n) is 5.22. The predicted molar refractivity (Wildman–Crippen MR) is 61.5 cm³/mol. The van der Waals surface area contributed by atoms with Crippen molar-refractivity contribution >= 4 is 6.03 Å². The molecule has 0 saturated carbocycles. The van der Waals surface area contributed by atoms with Crippen LogP contribution < -0.4 is 20.7 Å². The van der Waals surface area contributed by atoms with Crippen LogP contribution in [0.25, 0.3) is 0 Å². The first-order valence-corrected chi connectivity index (χ1v) is 5.22. The number of ether oxygens (including phenoxy) is 2. The number of carbonyl (C=O) groups excluding carboxylic acids is 1. The summed E-state index contributed by atoms with van der Waals surface area (Å²) in [4.78, 5) is 12.8. The van der Waals surface area contributed by atoms with E-state index < -0.39 is 0 Å². The predicted octanol–water partition coefficient (Wildman–Crippen LogP) is 0.739. The third-order valence-corrected chi connectivity index (χ3v) is 2.71. The van der Waals surface area contributed by atoms with E-state index in [0.717, 1.165) is 16.9 Å². The third kappa shape index (κ3) is 2.26. The van der Waals surface area contributed by atoms with E-state index in [2.05, 4.69) is 5.43 Å². The molecule has 0 saturated heterocycles. The molecule has 1 aliphatic heterocycles. The van der Waals surface area contributed by atoms with Crippen molar-refractivity contribution in [2.75, 3.05) is 13.8 Å². The SMILES string of the molecule is Cc1cc2c(cc1CN(C)C(=O)NN)OCO2. The number of nitrogens with one attached hydrogen (secondary N) is 1. The zero-order chi connectivity index (χ0) is 12.4. The summed E-state index contributed by atoms with van der Waals surface area (Å²) in [6.45, 7) is 2.67. The van der Waals surface area contributed by atoms with Gasteiger partial charge in [-0.15, -0.1) is 0 Å². The van der Waals surface area contributed by atoms with E-state index in [9.17, 15) is 4.79 Å². The van der Waals surface area contributed by atoms with Crippen molar-refractivity contribution in [3.63, 3.8) is 0 Å². The molecule has 1 aliphatic rings. The lowest BCUT2D eigenvalue weighted by Crippen LogP contribution is -2.40. The van der Waals surface area contributed by atoms with Gasteiger partial charge in [0.05, 0.1) is 0 Å². The second-order valence-electron chi connectivity index (χ2n) is 3.94. The summed E-state index contributed by atoms with van der Waals surface area (Å²) in [5, 5.41) is 0. The van der Waals surface area contributed by atoms with Gasteiger partial charge >= 0.3 is 6.03 Å². The van der Waals surface area contributed by atoms with Crippen molar-refractivity contribution in [2.24, 2.45) is 5.84 Å². The fourth-order valence-corrected chi connectivity index (χ4v) is 1.69. The molecular formula is C11H15N3O3. The number of rotatable bonds is 2. The molecule has 0 atom stereocenters. The van der Waals surface area contributed by atoms with Gasteiger partial charge in [0.1, 0.15) is 0 Å². The van der Waals surface area contributed by atoms with Crippen molar-refractivity contribution in [1.29, 1.82) is 0 Å². The van der Waals surface area contributed by atoms with Gasteiger partial charge in [0.15, 0.2) is 11.5 Å². The molecule has 17 heavy (non-hydrogen) atoms. The summed E-state index contributed by atoms with van der Waals surface area (Å²) >= 11 is 0. The number of benzene rings is 1. The Kier molecular flexibility index (Phi) is 3.06. The van der Waals surface area contributed by atoms with Crippen LogP contribution in [0.15, 0.2) is 12.1 Å². The summed E-state index contributed by atoms with van der Waals surface area (Å²) < 4.78 is 10.6. The molecular weight excluding hydrogens is 222 g/mol. The molecule has 6 heteroatoms. The van der Waals surface area contributed by atoms with Gasteiger partial charge in [0, 0.05) is 13.6 Å². The van der Waals surface area contributed by atoms with Crippen LogP contribution in [-0.4, -0.2) is 24.8 Å². The van der Waals surface area contributed by atoms with Crippen LogP contribution in [0.4, 0.5) is 4.79 Å². The highest BCUT2D eigenvalue weighted by Crippen LogP contribution is 2.34. The summed E-state index contributed by atoms with van der Waals surface area (Å²) in [6.07, 6.45) is 0. The van der Waals surface area contributed by atoms with Crippen LogP contribution in [0.2, 0.25) is 0 Å². The average Bonchev–Trinajstić information content (AvgIpc) is 2.75. The van der Waals surface area contributed by atoms with E-state index in [-0.39, 0.29) is 12.8 Å². The zero-order valence-corrected chi connectivity index (χ0v) is 9.82. The number of aryl methyl sites for hydroxylation is 1. The minimum atomic E-state index is -0.331. The Morgan fingerprint density at radius 1 is 1.47 bits per heavy atom. The second-order valence-corrected chi connectivity index (χ2v) is 3.94. The molecule has 0 unspecified atom stereocenters.